The van der Waals surface area contributed by atoms with E-state index < -0.39 is 0 Å². The van der Waals surface area contributed by atoms with Gasteiger partial charge in [-0.05, 0) is 23.6 Å². The van der Waals surface area contributed by atoms with E-state index in [9.17, 15) is 5.11 Å². The molecule has 0 heterocycles. The van der Waals surface area contributed by atoms with Crippen LogP contribution in [0.15, 0.2) is 66.7 Å². The van der Waals surface area contributed by atoms with E-state index >= 15 is 0 Å². The van der Waals surface area contributed by atoms with Crippen LogP contribution in [-0.2, 0) is 0 Å². The van der Waals surface area contributed by atoms with Crippen molar-refractivity contribution < 1.29 is 5.11 Å². The van der Waals surface area contributed by atoms with E-state index in [0.717, 1.165) is 16.5 Å². The average Bonchev–Trinajstić information content (AvgIpc) is 2.47. The number of phenols is 1. The number of para-hydroxylation sites is 1. The maximum absolute atomic E-state index is 9.98. The van der Waals surface area contributed by atoms with Gasteiger partial charge in [-0.2, -0.15) is 0 Å². The number of nitrogens with one attached hydrogen (secondary N) is 2. The number of hydrazine groups is 1. The lowest BCUT2D eigenvalue weighted by Gasteiger charge is -2.13. The van der Waals surface area contributed by atoms with Crippen molar-refractivity contribution in [2.24, 2.45) is 0 Å². The van der Waals surface area contributed by atoms with Gasteiger partial charge >= 0.3 is 0 Å². The minimum absolute atomic E-state index is 0.224. The Kier molecular flexibility index (Phi) is 2.94. The molecule has 0 amide bonds. The standard InChI is InChI=1S/C16H14N2O/c19-15-11-10-12-6-4-5-9-14(12)16(15)18-17-13-7-2-1-3-8-13/h1-11,17-19H. The maximum Gasteiger partial charge on any atom is 0.141 e. The number of hydrogen-bond donors (Lipinski definition) is 3. The highest BCUT2D eigenvalue weighted by atomic mass is 16.3. The summed E-state index contributed by atoms with van der Waals surface area (Å²) in [6.45, 7) is 0. The highest BCUT2D eigenvalue weighted by molar-refractivity contribution is 5.97. The van der Waals surface area contributed by atoms with Crippen molar-refractivity contribution in [3.8, 4) is 5.75 Å². The van der Waals surface area contributed by atoms with Crippen LogP contribution in [0.3, 0.4) is 0 Å². The highest BCUT2D eigenvalue weighted by Crippen LogP contribution is 2.32. The van der Waals surface area contributed by atoms with Crippen LogP contribution in [0, 0.1) is 0 Å². The number of hydrogen-bond acceptors (Lipinski definition) is 3. The van der Waals surface area contributed by atoms with Gasteiger partial charge in [-0.3, -0.25) is 5.43 Å². The van der Waals surface area contributed by atoms with Crippen LogP contribution in [-0.4, -0.2) is 5.11 Å². The largest absolute Gasteiger partial charge is 0.506 e. The molecule has 0 saturated carbocycles. The molecular weight excluding hydrogens is 236 g/mol. The van der Waals surface area contributed by atoms with Crippen molar-refractivity contribution in [2.45, 2.75) is 0 Å². The first kappa shape index (κ1) is 11.4. The Hall–Kier alpha value is -2.68. The van der Waals surface area contributed by atoms with Gasteiger partial charge in [0.15, 0.2) is 0 Å². The summed E-state index contributed by atoms with van der Waals surface area (Å²) in [4.78, 5) is 0. The molecule has 0 unspecified atom stereocenters. The quantitative estimate of drug-likeness (QED) is 0.486. The molecule has 0 aliphatic heterocycles. The number of benzene rings is 3. The van der Waals surface area contributed by atoms with Gasteiger partial charge in [-0.25, -0.2) is 0 Å². The second kappa shape index (κ2) is 4.90. The van der Waals surface area contributed by atoms with Gasteiger partial charge < -0.3 is 10.5 Å². The van der Waals surface area contributed by atoms with Crippen molar-refractivity contribution in [1.82, 2.24) is 0 Å². The van der Waals surface area contributed by atoms with E-state index in [0.29, 0.717) is 5.69 Å². The van der Waals surface area contributed by atoms with Gasteiger partial charge in [-0.1, -0.05) is 48.5 Å². The first-order valence-corrected chi connectivity index (χ1v) is 6.12. The zero-order valence-corrected chi connectivity index (χ0v) is 10.3. The van der Waals surface area contributed by atoms with Crippen LogP contribution in [0.1, 0.15) is 0 Å². The third kappa shape index (κ3) is 2.31. The third-order valence-corrected chi connectivity index (χ3v) is 3.01. The molecule has 3 aromatic rings. The lowest BCUT2D eigenvalue weighted by molar-refractivity contribution is 0.478. The fourth-order valence-corrected chi connectivity index (χ4v) is 2.05. The molecule has 3 heteroatoms. The van der Waals surface area contributed by atoms with Crippen LogP contribution in [0.5, 0.6) is 5.75 Å². The molecule has 3 rings (SSSR count). The zero-order valence-electron chi connectivity index (χ0n) is 10.3. The monoisotopic (exact) mass is 250 g/mol. The van der Waals surface area contributed by atoms with Crippen LogP contribution < -0.4 is 10.9 Å². The van der Waals surface area contributed by atoms with Crippen molar-refractivity contribution in [1.29, 1.82) is 0 Å². The fourth-order valence-electron chi connectivity index (χ4n) is 2.05. The molecule has 0 bridgehead atoms. The summed E-state index contributed by atoms with van der Waals surface area (Å²) in [7, 11) is 0. The molecule has 3 nitrogen and oxygen atoms in total. The Morgan fingerprint density at radius 2 is 1.42 bits per heavy atom. The molecule has 0 aromatic heterocycles. The van der Waals surface area contributed by atoms with Gasteiger partial charge in [0.25, 0.3) is 0 Å². The predicted octanol–water partition coefficient (Wildman–Crippen LogP) is 3.98. The molecule has 3 aromatic carbocycles. The van der Waals surface area contributed by atoms with Crippen molar-refractivity contribution in [3.63, 3.8) is 0 Å². The van der Waals surface area contributed by atoms with E-state index in [1.165, 1.54) is 0 Å². The SMILES string of the molecule is Oc1ccc2ccccc2c1NNc1ccccc1. The number of fused-ring (bicyclic) bond motifs is 1. The third-order valence-electron chi connectivity index (χ3n) is 3.01. The summed E-state index contributed by atoms with van der Waals surface area (Å²) in [5, 5.41) is 12.0. The molecule has 0 aliphatic carbocycles. The number of phenolic OH excluding ortho intramolecular Hbond substituents is 1. The number of anilines is 2. The lowest BCUT2D eigenvalue weighted by atomic mass is 10.1. The van der Waals surface area contributed by atoms with Gasteiger partial charge in [0.05, 0.1) is 5.69 Å². The fraction of sp³-hybridized carbons (Fsp3) is 0. The van der Waals surface area contributed by atoms with E-state index in [-0.39, 0.29) is 5.75 Å². The van der Waals surface area contributed by atoms with Crippen molar-refractivity contribution >= 4 is 22.1 Å². The normalized spacial score (nSPS) is 10.3. The van der Waals surface area contributed by atoms with Crippen molar-refractivity contribution in [2.75, 3.05) is 10.9 Å². The number of aromatic hydroxyl groups is 1. The molecule has 0 fully saturated rings. The van der Waals surface area contributed by atoms with E-state index in [1.807, 2.05) is 60.7 Å². The lowest BCUT2D eigenvalue weighted by Crippen LogP contribution is -2.08. The molecule has 0 saturated heterocycles. The summed E-state index contributed by atoms with van der Waals surface area (Å²) in [6.07, 6.45) is 0. The van der Waals surface area contributed by atoms with E-state index in [1.54, 1.807) is 6.07 Å². The summed E-state index contributed by atoms with van der Waals surface area (Å²) in [5.41, 5.74) is 7.78. The van der Waals surface area contributed by atoms with Crippen LogP contribution in [0.4, 0.5) is 11.4 Å². The van der Waals surface area contributed by atoms with Crippen LogP contribution in [0.2, 0.25) is 0 Å². The van der Waals surface area contributed by atoms with Gasteiger partial charge in [-0.15, -0.1) is 0 Å². The molecule has 19 heavy (non-hydrogen) atoms. The predicted molar refractivity (Wildman–Crippen MR) is 79.3 cm³/mol. The topological polar surface area (TPSA) is 44.3 Å². The molecule has 0 spiro atoms. The van der Waals surface area contributed by atoms with Gasteiger partial charge in [0.2, 0.25) is 0 Å². The van der Waals surface area contributed by atoms with Gasteiger partial charge in [0.1, 0.15) is 11.4 Å². The second-order valence-corrected chi connectivity index (χ2v) is 4.30. The van der Waals surface area contributed by atoms with Crippen molar-refractivity contribution in [3.05, 3.63) is 66.7 Å². The summed E-state index contributed by atoms with van der Waals surface area (Å²) < 4.78 is 0. The summed E-state index contributed by atoms with van der Waals surface area (Å²) >= 11 is 0. The Morgan fingerprint density at radius 1 is 0.684 bits per heavy atom. The van der Waals surface area contributed by atoms with Crippen LogP contribution in [0.25, 0.3) is 10.8 Å². The Labute approximate surface area is 111 Å². The Bertz CT molecular complexity index is 695. The zero-order chi connectivity index (χ0) is 13.1. The summed E-state index contributed by atoms with van der Waals surface area (Å²) in [6, 6.07) is 21.3. The van der Waals surface area contributed by atoms with E-state index in [4.69, 9.17) is 0 Å². The Balaban J connectivity index is 1.94. The minimum atomic E-state index is 0.224. The van der Waals surface area contributed by atoms with E-state index in [2.05, 4.69) is 10.9 Å². The smallest absolute Gasteiger partial charge is 0.141 e. The first-order chi connectivity index (χ1) is 9.34. The average molecular weight is 250 g/mol. The molecule has 94 valence electrons. The molecule has 0 radical (unpaired) electrons. The molecule has 0 atom stereocenters. The molecular formula is C16H14N2O. The number of rotatable bonds is 3. The summed E-state index contributed by atoms with van der Waals surface area (Å²) in [5.74, 6) is 0.224. The molecule has 0 aliphatic rings. The minimum Gasteiger partial charge on any atom is -0.506 e. The molecule has 3 N–H and O–H groups in total. The maximum atomic E-state index is 9.98. The van der Waals surface area contributed by atoms with Crippen LogP contribution >= 0.6 is 0 Å². The second-order valence-electron chi connectivity index (χ2n) is 4.30. The highest BCUT2D eigenvalue weighted by Gasteiger charge is 2.05. The van der Waals surface area contributed by atoms with Gasteiger partial charge in [0, 0.05) is 5.39 Å². The Morgan fingerprint density at radius 3 is 2.26 bits per heavy atom. The first-order valence-electron chi connectivity index (χ1n) is 6.12.